The Kier molecular flexibility index (Phi) is 5.84. The molecule has 1 N–H and O–H groups in total. The molecule has 0 amide bonds. The van der Waals surface area contributed by atoms with Crippen LogP contribution in [0.3, 0.4) is 0 Å². The van der Waals surface area contributed by atoms with Gasteiger partial charge in [0.25, 0.3) is 0 Å². The molecule has 1 heterocycles. The summed E-state index contributed by atoms with van der Waals surface area (Å²) in [6, 6.07) is 5.23. The van der Waals surface area contributed by atoms with Gasteiger partial charge in [-0.25, -0.2) is 4.39 Å². The van der Waals surface area contributed by atoms with E-state index in [1.54, 1.807) is 12.1 Å². The summed E-state index contributed by atoms with van der Waals surface area (Å²) in [5.74, 6) is 0.674. The van der Waals surface area contributed by atoms with Gasteiger partial charge in [-0.05, 0) is 55.5 Å². The van der Waals surface area contributed by atoms with Gasteiger partial charge in [0.15, 0.2) is 0 Å². The molecular formula is C17H27FN2. The lowest BCUT2D eigenvalue weighted by molar-refractivity contribution is 0.529. The van der Waals surface area contributed by atoms with Crippen LogP contribution in [0.5, 0.6) is 0 Å². The Morgan fingerprint density at radius 1 is 1.30 bits per heavy atom. The third-order valence-electron chi connectivity index (χ3n) is 4.11. The molecule has 1 aromatic rings. The summed E-state index contributed by atoms with van der Waals surface area (Å²) in [5, 5.41) is 3.39. The van der Waals surface area contributed by atoms with E-state index in [9.17, 15) is 4.39 Å². The number of hydrogen-bond acceptors (Lipinski definition) is 2. The lowest BCUT2D eigenvalue weighted by Crippen LogP contribution is -2.23. The molecular weight excluding hydrogens is 251 g/mol. The van der Waals surface area contributed by atoms with Crippen molar-refractivity contribution in [2.24, 2.45) is 5.92 Å². The summed E-state index contributed by atoms with van der Waals surface area (Å²) in [6.07, 6.45) is 4.94. The first kappa shape index (κ1) is 15.3. The molecule has 112 valence electrons. The van der Waals surface area contributed by atoms with Gasteiger partial charge in [-0.2, -0.15) is 0 Å². The standard InChI is InChI=1S/C17H27FN2/c1-3-5-14-8-10-20(13-14)17-7-6-16(18)11-15(17)12-19-9-4-2/h6-7,11,14,19H,3-5,8-10,12-13H2,1-2H3. The second-order valence-electron chi connectivity index (χ2n) is 5.84. The number of nitrogens with one attached hydrogen (secondary N) is 1. The van der Waals surface area contributed by atoms with Gasteiger partial charge < -0.3 is 10.2 Å². The van der Waals surface area contributed by atoms with E-state index < -0.39 is 0 Å². The van der Waals surface area contributed by atoms with E-state index in [0.717, 1.165) is 44.1 Å². The maximum atomic E-state index is 13.5. The summed E-state index contributed by atoms with van der Waals surface area (Å²) >= 11 is 0. The predicted molar refractivity (Wildman–Crippen MR) is 83.6 cm³/mol. The lowest BCUT2D eigenvalue weighted by atomic mass is 10.0. The van der Waals surface area contributed by atoms with E-state index >= 15 is 0 Å². The molecule has 3 heteroatoms. The van der Waals surface area contributed by atoms with Gasteiger partial charge in [-0.1, -0.05) is 20.3 Å². The summed E-state index contributed by atoms with van der Waals surface area (Å²) in [7, 11) is 0. The van der Waals surface area contributed by atoms with Crippen LogP contribution in [0.1, 0.15) is 45.1 Å². The van der Waals surface area contributed by atoms with Crippen LogP contribution in [0.25, 0.3) is 0 Å². The van der Waals surface area contributed by atoms with Crippen molar-refractivity contribution in [3.8, 4) is 0 Å². The molecule has 2 rings (SSSR count). The SMILES string of the molecule is CCCNCc1cc(F)ccc1N1CCC(CCC)C1. The third-order valence-corrected chi connectivity index (χ3v) is 4.11. The lowest BCUT2D eigenvalue weighted by Gasteiger charge is -2.22. The number of anilines is 1. The van der Waals surface area contributed by atoms with E-state index in [2.05, 4.69) is 24.1 Å². The average Bonchev–Trinajstić information content (AvgIpc) is 2.88. The van der Waals surface area contributed by atoms with Crippen LogP contribution in [0.4, 0.5) is 10.1 Å². The third kappa shape index (κ3) is 3.95. The van der Waals surface area contributed by atoms with Crippen molar-refractivity contribution in [2.75, 3.05) is 24.5 Å². The molecule has 0 bridgehead atoms. The van der Waals surface area contributed by atoms with Crippen molar-refractivity contribution in [3.63, 3.8) is 0 Å². The quantitative estimate of drug-likeness (QED) is 0.760. The fraction of sp³-hybridized carbons (Fsp3) is 0.647. The summed E-state index contributed by atoms with van der Waals surface area (Å²) in [6.45, 7) is 8.37. The molecule has 1 atom stereocenters. The van der Waals surface area contributed by atoms with Gasteiger partial charge >= 0.3 is 0 Å². The highest BCUT2D eigenvalue weighted by Crippen LogP contribution is 2.29. The number of rotatable bonds is 7. The normalized spacial score (nSPS) is 18.8. The Hall–Kier alpha value is -1.09. The van der Waals surface area contributed by atoms with E-state index in [0.29, 0.717) is 0 Å². The zero-order chi connectivity index (χ0) is 14.4. The van der Waals surface area contributed by atoms with Gasteiger partial charge in [-0.3, -0.25) is 0 Å². The minimum atomic E-state index is -0.133. The molecule has 1 aliphatic heterocycles. The molecule has 1 saturated heterocycles. The van der Waals surface area contributed by atoms with Crippen molar-refractivity contribution in [2.45, 2.75) is 46.1 Å². The van der Waals surface area contributed by atoms with Crippen molar-refractivity contribution in [1.29, 1.82) is 0 Å². The van der Waals surface area contributed by atoms with Crippen LogP contribution in [0.2, 0.25) is 0 Å². The molecule has 1 fully saturated rings. The van der Waals surface area contributed by atoms with E-state index in [1.165, 1.54) is 24.9 Å². The Balaban J connectivity index is 2.06. The van der Waals surface area contributed by atoms with Gasteiger partial charge in [0.1, 0.15) is 5.82 Å². The Morgan fingerprint density at radius 3 is 2.90 bits per heavy atom. The fourth-order valence-corrected chi connectivity index (χ4v) is 3.10. The van der Waals surface area contributed by atoms with E-state index in [4.69, 9.17) is 0 Å². The van der Waals surface area contributed by atoms with Crippen molar-refractivity contribution < 1.29 is 4.39 Å². The zero-order valence-electron chi connectivity index (χ0n) is 12.8. The van der Waals surface area contributed by atoms with Gasteiger partial charge in [-0.15, -0.1) is 0 Å². The van der Waals surface area contributed by atoms with E-state index in [-0.39, 0.29) is 5.82 Å². The predicted octanol–water partition coefficient (Wildman–Crippen LogP) is 3.95. The smallest absolute Gasteiger partial charge is 0.123 e. The highest BCUT2D eigenvalue weighted by molar-refractivity contribution is 5.54. The number of hydrogen-bond donors (Lipinski definition) is 1. The van der Waals surface area contributed by atoms with E-state index in [1.807, 2.05) is 6.07 Å². The van der Waals surface area contributed by atoms with Crippen LogP contribution in [0.15, 0.2) is 18.2 Å². The zero-order valence-corrected chi connectivity index (χ0v) is 12.8. The topological polar surface area (TPSA) is 15.3 Å². The monoisotopic (exact) mass is 278 g/mol. The van der Waals surface area contributed by atoms with Crippen LogP contribution < -0.4 is 10.2 Å². The van der Waals surface area contributed by atoms with Crippen molar-refractivity contribution in [1.82, 2.24) is 5.32 Å². The average molecular weight is 278 g/mol. The minimum Gasteiger partial charge on any atom is -0.371 e. The fourth-order valence-electron chi connectivity index (χ4n) is 3.10. The van der Waals surface area contributed by atoms with Gasteiger partial charge in [0.2, 0.25) is 0 Å². The molecule has 1 aliphatic rings. The van der Waals surface area contributed by atoms with Gasteiger partial charge in [0, 0.05) is 25.3 Å². The van der Waals surface area contributed by atoms with Crippen LogP contribution in [0, 0.1) is 11.7 Å². The van der Waals surface area contributed by atoms with Crippen molar-refractivity contribution >= 4 is 5.69 Å². The number of benzene rings is 1. The van der Waals surface area contributed by atoms with Crippen LogP contribution >= 0.6 is 0 Å². The molecule has 1 aromatic carbocycles. The second kappa shape index (κ2) is 7.63. The molecule has 0 aromatic heterocycles. The Bertz CT molecular complexity index is 419. The number of halogens is 1. The summed E-state index contributed by atoms with van der Waals surface area (Å²) < 4.78 is 13.5. The maximum Gasteiger partial charge on any atom is 0.123 e. The molecule has 0 saturated carbocycles. The molecule has 0 spiro atoms. The largest absolute Gasteiger partial charge is 0.371 e. The second-order valence-corrected chi connectivity index (χ2v) is 5.84. The first-order valence-electron chi connectivity index (χ1n) is 7.98. The molecule has 0 aliphatic carbocycles. The van der Waals surface area contributed by atoms with Crippen LogP contribution in [-0.2, 0) is 6.54 Å². The number of nitrogens with zero attached hydrogens (tertiary/aromatic N) is 1. The maximum absolute atomic E-state index is 13.5. The van der Waals surface area contributed by atoms with Gasteiger partial charge in [0.05, 0.1) is 0 Å². The summed E-state index contributed by atoms with van der Waals surface area (Å²) in [4.78, 5) is 2.43. The van der Waals surface area contributed by atoms with Crippen LogP contribution in [-0.4, -0.2) is 19.6 Å². The first-order chi connectivity index (χ1) is 9.74. The molecule has 0 radical (unpaired) electrons. The molecule has 2 nitrogen and oxygen atoms in total. The Morgan fingerprint density at radius 2 is 2.15 bits per heavy atom. The highest BCUT2D eigenvalue weighted by atomic mass is 19.1. The minimum absolute atomic E-state index is 0.133. The summed E-state index contributed by atoms with van der Waals surface area (Å²) in [5.41, 5.74) is 2.31. The highest BCUT2D eigenvalue weighted by Gasteiger charge is 2.23. The first-order valence-corrected chi connectivity index (χ1v) is 7.98. The van der Waals surface area contributed by atoms with Crippen molar-refractivity contribution in [3.05, 3.63) is 29.6 Å². The Labute approximate surface area is 122 Å². The molecule has 20 heavy (non-hydrogen) atoms. The molecule has 1 unspecified atom stereocenters.